The number of anilines is 2. The number of hydrogen-bond donors (Lipinski definition) is 1. The molecule has 5 nitrogen and oxygen atoms in total. The van der Waals surface area contributed by atoms with Gasteiger partial charge in [0.2, 0.25) is 17.2 Å². The van der Waals surface area contributed by atoms with Gasteiger partial charge in [0.15, 0.2) is 0 Å². The molecule has 1 N–H and O–H groups in total. The van der Waals surface area contributed by atoms with Crippen LogP contribution in [0.15, 0.2) is 24.3 Å². The summed E-state index contributed by atoms with van der Waals surface area (Å²) in [5.41, 5.74) is 2.72. The first kappa shape index (κ1) is 14.1. The van der Waals surface area contributed by atoms with Crippen LogP contribution in [0.1, 0.15) is 30.0 Å². The number of aromatic nitrogens is 3. The van der Waals surface area contributed by atoms with Gasteiger partial charge in [-0.25, -0.2) is 0 Å². The maximum Gasteiger partial charge on any atom is 0.230 e. The lowest BCUT2D eigenvalue weighted by Gasteiger charge is -2.26. The molecule has 0 saturated carbocycles. The predicted molar refractivity (Wildman–Crippen MR) is 84.9 cm³/mol. The van der Waals surface area contributed by atoms with Gasteiger partial charge in [0.25, 0.3) is 0 Å². The minimum atomic E-state index is 0.209. The van der Waals surface area contributed by atoms with Gasteiger partial charge in [0, 0.05) is 14.1 Å². The molecule has 0 radical (unpaired) electrons. The van der Waals surface area contributed by atoms with E-state index in [0.29, 0.717) is 11.9 Å². The molecular weight excluding hydrogens is 286 g/mol. The fraction of sp³-hybridized carbons (Fsp3) is 0.400. The molecule has 3 rings (SSSR count). The smallest absolute Gasteiger partial charge is 0.230 e. The second-order valence-corrected chi connectivity index (χ2v) is 5.75. The van der Waals surface area contributed by atoms with E-state index in [9.17, 15) is 0 Å². The number of fused-ring (bicyclic) bond motifs is 1. The highest BCUT2D eigenvalue weighted by Gasteiger charge is 2.21. The molecule has 0 saturated heterocycles. The second-order valence-electron chi connectivity index (χ2n) is 5.41. The van der Waals surface area contributed by atoms with Crippen molar-refractivity contribution in [3.63, 3.8) is 0 Å². The fourth-order valence-electron chi connectivity index (χ4n) is 2.66. The Balaban J connectivity index is 1.88. The van der Waals surface area contributed by atoms with Crippen LogP contribution in [0.2, 0.25) is 5.28 Å². The average molecular weight is 304 g/mol. The summed E-state index contributed by atoms with van der Waals surface area (Å²) in [6.45, 7) is 0. The van der Waals surface area contributed by atoms with Crippen molar-refractivity contribution in [3.05, 3.63) is 40.7 Å². The summed E-state index contributed by atoms with van der Waals surface area (Å²) in [6.07, 6.45) is 3.36. The molecule has 1 heterocycles. The molecule has 21 heavy (non-hydrogen) atoms. The van der Waals surface area contributed by atoms with Crippen LogP contribution in [0.5, 0.6) is 0 Å². The van der Waals surface area contributed by atoms with Crippen molar-refractivity contribution in [3.8, 4) is 0 Å². The summed E-state index contributed by atoms with van der Waals surface area (Å²) in [7, 11) is 3.76. The molecule has 1 unspecified atom stereocenters. The molecule has 6 heteroatoms. The highest BCUT2D eigenvalue weighted by Crippen LogP contribution is 2.31. The van der Waals surface area contributed by atoms with Gasteiger partial charge in [-0.3, -0.25) is 0 Å². The molecule has 0 aliphatic heterocycles. The van der Waals surface area contributed by atoms with Crippen LogP contribution in [0.3, 0.4) is 0 Å². The summed E-state index contributed by atoms with van der Waals surface area (Å²) in [5, 5.41) is 3.61. The summed E-state index contributed by atoms with van der Waals surface area (Å²) in [5.74, 6) is 1.09. The van der Waals surface area contributed by atoms with Crippen LogP contribution in [0, 0.1) is 0 Å². The number of benzene rings is 1. The van der Waals surface area contributed by atoms with Crippen LogP contribution < -0.4 is 10.2 Å². The maximum atomic E-state index is 5.98. The SMILES string of the molecule is CN(C)c1nc(Cl)nc(NC2CCCc3ccccc32)n1. The van der Waals surface area contributed by atoms with E-state index >= 15 is 0 Å². The summed E-state index contributed by atoms with van der Waals surface area (Å²) < 4.78 is 0. The molecule has 0 amide bonds. The van der Waals surface area contributed by atoms with E-state index in [-0.39, 0.29) is 11.3 Å². The molecule has 0 fully saturated rings. The first-order valence-corrected chi connectivity index (χ1v) is 7.44. The fourth-order valence-corrected chi connectivity index (χ4v) is 2.82. The van der Waals surface area contributed by atoms with E-state index < -0.39 is 0 Å². The van der Waals surface area contributed by atoms with Crippen LogP contribution >= 0.6 is 11.6 Å². The number of nitrogens with one attached hydrogen (secondary N) is 1. The van der Waals surface area contributed by atoms with Crippen LogP contribution in [-0.4, -0.2) is 29.0 Å². The molecule has 1 aliphatic carbocycles. The van der Waals surface area contributed by atoms with Crippen molar-refractivity contribution >= 4 is 23.5 Å². The van der Waals surface area contributed by atoms with Crippen molar-refractivity contribution in [2.24, 2.45) is 0 Å². The van der Waals surface area contributed by atoms with Crippen molar-refractivity contribution in [1.82, 2.24) is 15.0 Å². The van der Waals surface area contributed by atoms with Gasteiger partial charge in [-0.2, -0.15) is 15.0 Å². The molecular formula is C15H18ClN5. The molecule has 110 valence electrons. The third-order valence-corrected chi connectivity index (χ3v) is 3.84. The highest BCUT2D eigenvalue weighted by atomic mass is 35.5. The van der Waals surface area contributed by atoms with E-state index in [1.54, 1.807) is 0 Å². The quantitative estimate of drug-likeness (QED) is 0.944. The van der Waals surface area contributed by atoms with Crippen LogP contribution in [0.4, 0.5) is 11.9 Å². The number of aryl methyl sites for hydroxylation is 1. The van der Waals surface area contributed by atoms with E-state index in [0.717, 1.165) is 19.3 Å². The van der Waals surface area contributed by atoms with E-state index in [1.165, 1.54) is 11.1 Å². The Morgan fingerprint density at radius 2 is 2.00 bits per heavy atom. The van der Waals surface area contributed by atoms with Crippen LogP contribution in [-0.2, 0) is 6.42 Å². The lowest BCUT2D eigenvalue weighted by Crippen LogP contribution is -2.20. The summed E-state index contributed by atoms with van der Waals surface area (Å²) in [4.78, 5) is 14.5. The van der Waals surface area contributed by atoms with Gasteiger partial charge in [0.05, 0.1) is 6.04 Å². The first-order chi connectivity index (χ1) is 10.1. The van der Waals surface area contributed by atoms with Gasteiger partial charge in [-0.15, -0.1) is 0 Å². The lowest BCUT2D eigenvalue weighted by atomic mass is 9.88. The Morgan fingerprint density at radius 3 is 2.81 bits per heavy atom. The molecule has 1 aliphatic rings. The Morgan fingerprint density at radius 1 is 1.19 bits per heavy atom. The van der Waals surface area contributed by atoms with E-state index in [1.807, 2.05) is 19.0 Å². The first-order valence-electron chi connectivity index (χ1n) is 7.07. The summed E-state index contributed by atoms with van der Waals surface area (Å²) in [6, 6.07) is 8.75. The Kier molecular flexibility index (Phi) is 3.92. The monoisotopic (exact) mass is 303 g/mol. The zero-order valence-corrected chi connectivity index (χ0v) is 12.9. The molecule has 1 aromatic heterocycles. The third kappa shape index (κ3) is 3.08. The van der Waals surface area contributed by atoms with Gasteiger partial charge in [0.1, 0.15) is 0 Å². The van der Waals surface area contributed by atoms with Gasteiger partial charge >= 0.3 is 0 Å². The van der Waals surface area contributed by atoms with Crippen LogP contribution in [0.25, 0.3) is 0 Å². The lowest BCUT2D eigenvalue weighted by molar-refractivity contribution is 0.596. The molecule has 0 spiro atoms. The molecule has 2 aromatic rings. The van der Waals surface area contributed by atoms with Gasteiger partial charge in [-0.05, 0) is 42.0 Å². The Hall–Kier alpha value is -1.88. The van der Waals surface area contributed by atoms with E-state index in [4.69, 9.17) is 11.6 Å². The highest BCUT2D eigenvalue weighted by molar-refractivity contribution is 6.28. The minimum absolute atomic E-state index is 0.209. The number of hydrogen-bond acceptors (Lipinski definition) is 5. The minimum Gasteiger partial charge on any atom is -0.347 e. The largest absolute Gasteiger partial charge is 0.347 e. The second kappa shape index (κ2) is 5.85. The predicted octanol–water partition coefficient (Wildman–Crippen LogP) is 3.08. The standard InChI is InChI=1S/C15H18ClN5/c1-21(2)15-19-13(16)18-14(20-15)17-12-9-5-7-10-6-3-4-8-11(10)12/h3-4,6,8,12H,5,7,9H2,1-2H3,(H,17,18,19,20). The third-order valence-electron chi connectivity index (χ3n) is 3.67. The normalized spacial score (nSPS) is 17.2. The molecule has 1 atom stereocenters. The van der Waals surface area contributed by atoms with Crippen molar-refractivity contribution in [2.75, 3.05) is 24.3 Å². The average Bonchev–Trinajstić information content (AvgIpc) is 2.47. The molecule has 0 bridgehead atoms. The summed E-state index contributed by atoms with van der Waals surface area (Å²) >= 11 is 5.98. The van der Waals surface area contributed by atoms with Crippen molar-refractivity contribution in [1.29, 1.82) is 0 Å². The Bertz CT molecular complexity index is 644. The maximum absolute atomic E-state index is 5.98. The topological polar surface area (TPSA) is 53.9 Å². The van der Waals surface area contributed by atoms with Crippen molar-refractivity contribution < 1.29 is 0 Å². The molecule has 1 aromatic carbocycles. The van der Waals surface area contributed by atoms with Gasteiger partial charge in [-0.1, -0.05) is 24.3 Å². The van der Waals surface area contributed by atoms with Gasteiger partial charge < -0.3 is 10.2 Å². The van der Waals surface area contributed by atoms with Crippen molar-refractivity contribution in [2.45, 2.75) is 25.3 Å². The van der Waals surface area contributed by atoms with E-state index in [2.05, 4.69) is 44.5 Å². The zero-order chi connectivity index (χ0) is 14.8. The number of rotatable bonds is 3. The number of nitrogens with zero attached hydrogens (tertiary/aromatic N) is 4. The zero-order valence-electron chi connectivity index (χ0n) is 12.2. The number of halogens is 1. The Labute approximate surface area is 129 Å².